The molecule has 1 aliphatic carbocycles. The number of carbonyl (C=O) groups is 2. The monoisotopic (exact) mass is 451 g/mol. The molecule has 4 aliphatic rings. The summed E-state index contributed by atoms with van der Waals surface area (Å²) in [5, 5.41) is 1.51. The first-order valence-corrected chi connectivity index (χ1v) is 11.4. The van der Waals surface area contributed by atoms with Gasteiger partial charge in [-0.1, -0.05) is 30.3 Å². The molecule has 172 valence electrons. The molecule has 3 fully saturated rings. The van der Waals surface area contributed by atoms with Gasteiger partial charge in [-0.2, -0.15) is 0 Å². The molecular formula is C24H25N3O6. The highest BCUT2D eigenvalue weighted by molar-refractivity contribution is 6.00. The summed E-state index contributed by atoms with van der Waals surface area (Å²) < 4.78 is 19.1. The molecule has 9 nitrogen and oxygen atoms in total. The minimum Gasteiger partial charge on any atom is -0.482 e. The molecule has 0 radical (unpaired) electrons. The van der Waals surface area contributed by atoms with Crippen LogP contribution in [0.5, 0.6) is 5.75 Å². The SMILES string of the molecule is O=C1c2c(OCc3ccccc3)c(=O)ccn2N(C(=O)[C@@H]2CCCO2)[C@@H]2COC3(CC3)CN12. The smallest absolute Gasteiger partial charge is 0.278 e. The van der Waals surface area contributed by atoms with Gasteiger partial charge in [0.25, 0.3) is 11.8 Å². The van der Waals surface area contributed by atoms with Crippen molar-refractivity contribution in [1.82, 2.24) is 9.58 Å². The zero-order valence-electron chi connectivity index (χ0n) is 18.1. The number of aromatic nitrogens is 1. The number of rotatable bonds is 4. The molecule has 4 heterocycles. The maximum absolute atomic E-state index is 13.7. The lowest BCUT2D eigenvalue weighted by molar-refractivity contribution is -0.135. The fourth-order valence-electron chi connectivity index (χ4n) is 4.86. The molecular weight excluding hydrogens is 426 g/mol. The molecule has 1 aromatic carbocycles. The van der Waals surface area contributed by atoms with Crippen LogP contribution in [-0.4, -0.2) is 59.0 Å². The number of nitrogens with zero attached hydrogens (tertiary/aromatic N) is 3. The van der Waals surface area contributed by atoms with Gasteiger partial charge in [-0.05, 0) is 31.2 Å². The Morgan fingerprint density at radius 1 is 1.15 bits per heavy atom. The summed E-state index contributed by atoms with van der Waals surface area (Å²) in [6, 6.07) is 10.8. The van der Waals surface area contributed by atoms with Crippen LogP contribution in [0.15, 0.2) is 47.4 Å². The number of morpholine rings is 1. The second-order valence-corrected chi connectivity index (χ2v) is 9.07. The first-order chi connectivity index (χ1) is 16.1. The summed E-state index contributed by atoms with van der Waals surface area (Å²) in [6.07, 6.45) is 3.46. The van der Waals surface area contributed by atoms with E-state index >= 15 is 0 Å². The van der Waals surface area contributed by atoms with Crippen molar-refractivity contribution in [1.29, 1.82) is 0 Å². The standard InChI is InChI=1S/C24H25N3O6/c28-17-8-11-26-20(21(17)32-13-16-5-2-1-3-6-16)23(30)25-15-24(9-10-24)33-14-19(25)27(26)22(29)18-7-4-12-31-18/h1-3,5-6,8,11,18-19H,4,7,9-10,12-15H2/t18-,19+/m0/s1. The first-order valence-electron chi connectivity index (χ1n) is 11.4. The van der Waals surface area contributed by atoms with Crippen LogP contribution in [0.3, 0.4) is 0 Å². The van der Waals surface area contributed by atoms with Gasteiger partial charge in [-0.3, -0.25) is 14.4 Å². The lowest BCUT2D eigenvalue weighted by Crippen LogP contribution is -2.70. The number of ether oxygens (including phenoxy) is 3. The molecule has 2 amide bonds. The number of fused-ring (bicyclic) bond motifs is 2. The molecule has 1 spiro atoms. The van der Waals surface area contributed by atoms with Gasteiger partial charge in [0.1, 0.15) is 12.7 Å². The highest BCUT2D eigenvalue weighted by Crippen LogP contribution is 2.45. The second kappa shape index (κ2) is 7.71. The van der Waals surface area contributed by atoms with E-state index in [9.17, 15) is 14.4 Å². The van der Waals surface area contributed by atoms with Crippen molar-refractivity contribution in [2.24, 2.45) is 0 Å². The van der Waals surface area contributed by atoms with Crippen molar-refractivity contribution in [2.45, 2.75) is 50.2 Å². The van der Waals surface area contributed by atoms with Gasteiger partial charge in [-0.15, -0.1) is 0 Å². The van der Waals surface area contributed by atoms with Gasteiger partial charge < -0.3 is 19.1 Å². The van der Waals surface area contributed by atoms with E-state index in [-0.39, 0.29) is 42.1 Å². The molecule has 0 N–H and O–H groups in total. The van der Waals surface area contributed by atoms with Crippen LogP contribution in [0.4, 0.5) is 0 Å². The number of pyridine rings is 1. The Bertz CT molecular complexity index is 1150. The third-order valence-corrected chi connectivity index (χ3v) is 6.83. The topological polar surface area (TPSA) is 90.3 Å². The van der Waals surface area contributed by atoms with E-state index in [4.69, 9.17) is 14.2 Å². The fraction of sp³-hybridized carbons (Fsp3) is 0.458. The van der Waals surface area contributed by atoms with Crippen LogP contribution in [0.25, 0.3) is 0 Å². The van der Waals surface area contributed by atoms with Crippen molar-refractivity contribution in [3.63, 3.8) is 0 Å². The molecule has 9 heteroatoms. The Labute approximate surface area is 190 Å². The zero-order valence-corrected chi connectivity index (χ0v) is 18.1. The molecule has 1 saturated carbocycles. The van der Waals surface area contributed by atoms with Gasteiger partial charge in [0.2, 0.25) is 5.43 Å². The third kappa shape index (κ3) is 3.43. The Morgan fingerprint density at radius 3 is 2.70 bits per heavy atom. The third-order valence-electron chi connectivity index (χ3n) is 6.83. The summed E-state index contributed by atoms with van der Waals surface area (Å²) in [5.41, 5.74) is 0.199. The van der Waals surface area contributed by atoms with Crippen molar-refractivity contribution < 1.29 is 23.8 Å². The Hall–Kier alpha value is -3.17. The zero-order chi connectivity index (χ0) is 22.6. The van der Waals surface area contributed by atoms with E-state index in [2.05, 4.69) is 0 Å². The van der Waals surface area contributed by atoms with Gasteiger partial charge in [0, 0.05) is 18.9 Å². The quantitative estimate of drug-likeness (QED) is 0.699. The molecule has 2 atom stereocenters. The lowest BCUT2D eigenvalue weighted by atomic mass is 10.1. The number of hydrogen-bond acceptors (Lipinski definition) is 6. The molecule has 2 saturated heterocycles. The predicted molar refractivity (Wildman–Crippen MR) is 116 cm³/mol. The fourth-order valence-corrected chi connectivity index (χ4v) is 4.86. The average molecular weight is 451 g/mol. The van der Waals surface area contributed by atoms with Gasteiger partial charge in [-0.25, -0.2) is 9.69 Å². The van der Waals surface area contributed by atoms with Crippen LogP contribution < -0.4 is 15.2 Å². The Balaban J connectivity index is 1.43. The second-order valence-electron chi connectivity index (χ2n) is 9.07. The summed E-state index contributed by atoms with van der Waals surface area (Å²) in [6.45, 7) is 1.26. The van der Waals surface area contributed by atoms with E-state index in [1.165, 1.54) is 21.9 Å². The van der Waals surface area contributed by atoms with Crippen LogP contribution in [-0.2, 0) is 20.9 Å². The lowest BCUT2D eigenvalue weighted by Gasteiger charge is -2.49. The Morgan fingerprint density at radius 2 is 1.97 bits per heavy atom. The number of amides is 2. The summed E-state index contributed by atoms with van der Waals surface area (Å²) >= 11 is 0. The van der Waals surface area contributed by atoms with Crippen LogP contribution in [0, 0.1) is 0 Å². The maximum Gasteiger partial charge on any atom is 0.278 e. The Kier molecular flexibility index (Phi) is 4.77. The van der Waals surface area contributed by atoms with Crippen molar-refractivity contribution in [3.8, 4) is 5.75 Å². The van der Waals surface area contributed by atoms with Crippen molar-refractivity contribution in [3.05, 3.63) is 64.1 Å². The van der Waals surface area contributed by atoms with E-state index in [0.717, 1.165) is 24.8 Å². The predicted octanol–water partition coefficient (Wildman–Crippen LogP) is 1.42. The van der Waals surface area contributed by atoms with E-state index in [1.807, 2.05) is 30.3 Å². The normalized spacial score (nSPS) is 25.0. The first kappa shape index (κ1) is 20.4. The van der Waals surface area contributed by atoms with E-state index in [0.29, 0.717) is 19.6 Å². The molecule has 3 aliphatic heterocycles. The van der Waals surface area contributed by atoms with E-state index < -0.39 is 17.7 Å². The largest absolute Gasteiger partial charge is 0.482 e. The summed E-state index contributed by atoms with van der Waals surface area (Å²) in [5.74, 6) is -0.623. The van der Waals surface area contributed by atoms with Gasteiger partial charge in [0.15, 0.2) is 17.6 Å². The number of carbonyl (C=O) groups excluding carboxylic acids is 2. The van der Waals surface area contributed by atoms with Crippen LogP contribution in [0.1, 0.15) is 41.7 Å². The van der Waals surface area contributed by atoms with Crippen LogP contribution >= 0.6 is 0 Å². The number of benzene rings is 1. The highest BCUT2D eigenvalue weighted by Gasteiger charge is 2.56. The highest BCUT2D eigenvalue weighted by atomic mass is 16.5. The molecule has 0 unspecified atom stereocenters. The molecule has 0 bridgehead atoms. The van der Waals surface area contributed by atoms with E-state index in [1.54, 1.807) is 4.90 Å². The molecule has 1 aromatic heterocycles. The maximum atomic E-state index is 13.7. The van der Waals surface area contributed by atoms with Gasteiger partial charge in [0.05, 0.1) is 18.8 Å². The molecule has 6 rings (SSSR count). The van der Waals surface area contributed by atoms with Crippen molar-refractivity contribution >= 4 is 11.8 Å². The minimum absolute atomic E-state index is 0.0497. The van der Waals surface area contributed by atoms with Gasteiger partial charge >= 0.3 is 0 Å². The van der Waals surface area contributed by atoms with Crippen LogP contribution in [0.2, 0.25) is 0 Å². The van der Waals surface area contributed by atoms with Crippen molar-refractivity contribution in [2.75, 3.05) is 24.8 Å². The summed E-state index contributed by atoms with van der Waals surface area (Å²) in [7, 11) is 0. The minimum atomic E-state index is -0.600. The average Bonchev–Trinajstić information content (AvgIpc) is 3.35. The molecule has 33 heavy (non-hydrogen) atoms. The summed E-state index contributed by atoms with van der Waals surface area (Å²) in [4.78, 5) is 41.7. The molecule has 2 aromatic rings. The number of hydrogen-bond donors (Lipinski definition) is 0.